The highest BCUT2D eigenvalue weighted by Gasteiger charge is 2.33. The van der Waals surface area contributed by atoms with Crippen LogP contribution in [-0.2, 0) is 19.5 Å². The highest BCUT2D eigenvalue weighted by molar-refractivity contribution is 5.48. The lowest BCUT2D eigenvalue weighted by Gasteiger charge is -2.43. The van der Waals surface area contributed by atoms with Gasteiger partial charge in [-0.05, 0) is 61.2 Å². The van der Waals surface area contributed by atoms with Gasteiger partial charge in [-0.1, -0.05) is 12.1 Å². The maximum absolute atomic E-state index is 10.0. The van der Waals surface area contributed by atoms with Crippen molar-refractivity contribution in [3.63, 3.8) is 0 Å². The molecule has 0 aliphatic carbocycles. The van der Waals surface area contributed by atoms with Gasteiger partial charge in [0, 0.05) is 18.6 Å². The summed E-state index contributed by atoms with van der Waals surface area (Å²) in [7, 11) is 3.28. The molecule has 0 aromatic heterocycles. The van der Waals surface area contributed by atoms with E-state index >= 15 is 0 Å². The molecular weight excluding hydrogens is 302 g/mol. The van der Waals surface area contributed by atoms with E-state index in [-0.39, 0.29) is 11.3 Å². The number of phenolic OH excluding ortho intramolecular Hbond substituents is 1. The number of ether oxygens (including phenoxy) is 2. The van der Waals surface area contributed by atoms with Crippen molar-refractivity contribution >= 4 is 0 Å². The minimum absolute atomic E-state index is 0.0110. The first-order chi connectivity index (χ1) is 11.4. The van der Waals surface area contributed by atoms with Crippen LogP contribution in [0.5, 0.6) is 17.2 Å². The van der Waals surface area contributed by atoms with E-state index in [1.165, 1.54) is 16.7 Å². The fraction of sp³-hybridized carbons (Fsp3) is 0.400. The van der Waals surface area contributed by atoms with Crippen molar-refractivity contribution in [2.24, 2.45) is 0 Å². The average Bonchev–Trinajstić information content (AvgIpc) is 2.55. The summed E-state index contributed by atoms with van der Waals surface area (Å²) < 4.78 is 10.6. The van der Waals surface area contributed by atoms with Gasteiger partial charge in [0.25, 0.3) is 0 Å². The molecule has 4 nitrogen and oxygen atoms in total. The van der Waals surface area contributed by atoms with Crippen molar-refractivity contribution < 1.29 is 14.6 Å². The molecule has 24 heavy (non-hydrogen) atoms. The number of methoxy groups -OCH3 is 2. The van der Waals surface area contributed by atoms with Crippen molar-refractivity contribution in [1.82, 2.24) is 4.90 Å². The van der Waals surface area contributed by atoms with E-state index in [9.17, 15) is 5.11 Å². The Bertz CT molecular complexity index is 740. The number of fused-ring (bicyclic) bond motifs is 1. The molecule has 128 valence electrons. The van der Waals surface area contributed by atoms with Crippen LogP contribution in [-0.4, -0.2) is 29.8 Å². The summed E-state index contributed by atoms with van der Waals surface area (Å²) >= 11 is 0. The Kier molecular flexibility index (Phi) is 4.41. The summed E-state index contributed by atoms with van der Waals surface area (Å²) in [5, 5.41) is 10.0. The van der Waals surface area contributed by atoms with Gasteiger partial charge < -0.3 is 14.6 Å². The Balaban J connectivity index is 1.89. The zero-order valence-corrected chi connectivity index (χ0v) is 14.8. The van der Waals surface area contributed by atoms with Crippen molar-refractivity contribution in [2.75, 3.05) is 14.2 Å². The van der Waals surface area contributed by atoms with E-state index in [2.05, 4.69) is 30.9 Å². The molecule has 0 radical (unpaired) electrons. The molecule has 0 unspecified atom stereocenters. The van der Waals surface area contributed by atoms with Crippen LogP contribution in [0.2, 0.25) is 0 Å². The second-order valence-corrected chi connectivity index (χ2v) is 6.99. The third kappa shape index (κ3) is 3.20. The van der Waals surface area contributed by atoms with Gasteiger partial charge in [0.15, 0.2) is 11.5 Å². The molecule has 1 aliphatic rings. The van der Waals surface area contributed by atoms with Crippen molar-refractivity contribution in [3.8, 4) is 17.2 Å². The minimum Gasteiger partial charge on any atom is -0.504 e. The molecule has 3 rings (SSSR count). The largest absolute Gasteiger partial charge is 0.504 e. The van der Waals surface area contributed by atoms with Crippen molar-refractivity contribution in [1.29, 1.82) is 0 Å². The Morgan fingerprint density at radius 2 is 1.88 bits per heavy atom. The van der Waals surface area contributed by atoms with E-state index in [0.717, 1.165) is 25.3 Å². The number of hydrogen-bond donors (Lipinski definition) is 1. The molecular formula is C20H25NO3. The highest BCUT2D eigenvalue weighted by atomic mass is 16.5. The Labute approximate surface area is 143 Å². The van der Waals surface area contributed by atoms with E-state index in [1.54, 1.807) is 14.2 Å². The van der Waals surface area contributed by atoms with Crippen molar-refractivity contribution in [3.05, 3.63) is 53.1 Å². The minimum atomic E-state index is 0.0110. The summed E-state index contributed by atoms with van der Waals surface area (Å²) in [6.45, 7) is 6.18. The normalized spacial score (nSPS) is 16.5. The van der Waals surface area contributed by atoms with Crippen LogP contribution in [0.15, 0.2) is 36.4 Å². The van der Waals surface area contributed by atoms with Gasteiger partial charge in [0.2, 0.25) is 0 Å². The lowest BCUT2D eigenvalue weighted by atomic mass is 9.85. The SMILES string of the molecule is COc1cccc(CN2Cc3cc(OC)c(O)cc3CC2(C)C)c1. The zero-order chi connectivity index (χ0) is 17.3. The molecule has 4 heteroatoms. The fourth-order valence-electron chi connectivity index (χ4n) is 3.39. The predicted octanol–water partition coefficient (Wildman–Crippen LogP) is 3.75. The first-order valence-corrected chi connectivity index (χ1v) is 8.19. The number of aromatic hydroxyl groups is 1. The first kappa shape index (κ1) is 16.7. The summed E-state index contributed by atoms with van der Waals surface area (Å²) in [6.07, 6.45) is 0.893. The van der Waals surface area contributed by atoms with Gasteiger partial charge in [-0.2, -0.15) is 0 Å². The smallest absolute Gasteiger partial charge is 0.160 e. The van der Waals surface area contributed by atoms with Crippen LogP contribution >= 0.6 is 0 Å². The summed E-state index contributed by atoms with van der Waals surface area (Å²) in [5.41, 5.74) is 3.65. The summed E-state index contributed by atoms with van der Waals surface area (Å²) in [4.78, 5) is 2.46. The molecule has 0 spiro atoms. The fourth-order valence-corrected chi connectivity index (χ4v) is 3.39. The maximum atomic E-state index is 10.0. The van der Waals surface area contributed by atoms with Crippen LogP contribution in [0.4, 0.5) is 0 Å². The Morgan fingerprint density at radius 3 is 2.58 bits per heavy atom. The molecule has 1 heterocycles. The molecule has 1 aliphatic heterocycles. The third-order valence-electron chi connectivity index (χ3n) is 4.85. The molecule has 0 amide bonds. The second kappa shape index (κ2) is 6.36. The first-order valence-electron chi connectivity index (χ1n) is 8.19. The van der Waals surface area contributed by atoms with Crippen molar-refractivity contribution in [2.45, 2.75) is 38.9 Å². The van der Waals surface area contributed by atoms with Gasteiger partial charge in [0.1, 0.15) is 5.75 Å². The average molecular weight is 327 g/mol. The van der Waals surface area contributed by atoms with Crippen LogP contribution in [0, 0.1) is 0 Å². The van der Waals surface area contributed by atoms with Crippen LogP contribution in [0.1, 0.15) is 30.5 Å². The van der Waals surface area contributed by atoms with Crippen LogP contribution in [0.3, 0.4) is 0 Å². The van der Waals surface area contributed by atoms with Gasteiger partial charge in [-0.3, -0.25) is 4.90 Å². The molecule has 1 N–H and O–H groups in total. The topological polar surface area (TPSA) is 41.9 Å². The lowest BCUT2D eigenvalue weighted by molar-refractivity contribution is 0.0886. The van der Waals surface area contributed by atoms with E-state index < -0.39 is 0 Å². The second-order valence-electron chi connectivity index (χ2n) is 6.99. The number of benzene rings is 2. The molecule has 0 saturated carbocycles. The molecule has 2 aromatic carbocycles. The van der Waals surface area contributed by atoms with Crippen LogP contribution in [0.25, 0.3) is 0 Å². The van der Waals surface area contributed by atoms with Gasteiger partial charge in [0.05, 0.1) is 14.2 Å². The molecule has 0 saturated heterocycles. The number of rotatable bonds is 4. The standard InChI is InChI=1S/C20H25NO3/c1-20(2)11-15-9-18(22)19(24-4)10-16(15)13-21(20)12-14-6-5-7-17(8-14)23-3/h5-10,22H,11-13H2,1-4H3. The zero-order valence-electron chi connectivity index (χ0n) is 14.8. The highest BCUT2D eigenvalue weighted by Crippen LogP contribution is 2.37. The van der Waals surface area contributed by atoms with E-state index in [1.807, 2.05) is 24.3 Å². The summed E-state index contributed by atoms with van der Waals surface area (Å²) in [6, 6.07) is 12.0. The van der Waals surface area contributed by atoms with Gasteiger partial charge in [-0.15, -0.1) is 0 Å². The number of hydrogen-bond acceptors (Lipinski definition) is 4. The Hall–Kier alpha value is -2.20. The third-order valence-corrected chi connectivity index (χ3v) is 4.85. The molecule has 0 fully saturated rings. The van der Waals surface area contributed by atoms with Gasteiger partial charge in [-0.25, -0.2) is 0 Å². The van der Waals surface area contributed by atoms with E-state index in [0.29, 0.717) is 5.75 Å². The van der Waals surface area contributed by atoms with E-state index in [4.69, 9.17) is 9.47 Å². The predicted molar refractivity (Wildman–Crippen MR) is 94.7 cm³/mol. The monoisotopic (exact) mass is 327 g/mol. The Morgan fingerprint density at radius 1 is 1.08 bits per heavy atom. The maximum Gasteiger partial charge on any atom is 0.160 e. The summed E-state index contributed by atoms with van der Waals surface area (Å²) in [5.74, 6) is 1.64. The van der Waals surface area contributed by atoms with Crippen LogP contribution < -0.4 is 9.47 Å². The molecule has 0 bridgehead atoms. The molecule has 0 atom stereocenters. The van der Waals surface area contributed by atoms with Gasteiger partial charge >= 0.3 is 0 Å². The number of nitrogens with zero attached hydrogens (tertiary/aromatic N) is 1. The quantitative estimate of drug-likeness (QED) is 0.929. The molecule has 2 aromatic rings. The number of phenols is 1. The lowest BCUT2D eigenvalue weighted by Crippen LogP contribution is -2.47.